The highest BCUT2D eigenvalue weighted by Gasteiger charge is 2.02. The molecule has 0 bridgehead atoms. The Balaban J connectivity index is 2.08. The third-order valence-electron chi connectivity index (χ3n) is 3.44. The van der Waals surface area contributed by atoms with Crippen LogP contribution in [-0.2, 0) is 13.0 Å². The van der Waals surface area contributed by atoms with Crippen LogP contribution >= 0.6 is 0 Å². The maximum absolute atomic E-state index is 11.7. The minimum atomic E-state index is -0.391. The predicted molar refractivity (Wildman–Crippen MR) is 81.6 cm³/mol. The van der Waals surface area contributed by atoms with Crippen LogP contribution in [0.25, 0.3) is 0 Å². The molecule has 0 amide bonds. The molecule has 0 aliphatic rings. The maximum Gasteiger partial charge on any atom is 0.328 e. The zero-order valence-electron chi connectivity index (χ0n) is 12.1. The molecule has 5 nitrogen and oxygen atoms in total. The quantitative estimate of drug-likeness (QED) is 0.785. The lowest BCUT2D eigenvalue weighted by Gasteiger charge is -2.07. The molecule has 0 fully saturated rings. The van der Waals surface area contributed by atoms with Crippen molar-refractivity contribution in [3.8, 4) is 0 Å². The number of rotatable bonds is 6. The van der Waals surface area contributed by atoms with E-state index in [1.807, 2.05) is 24.3 Å². The molecular formula is C16H20N2O3. The molecule has 0 saturated heterocycles. The Kier molecular flexibility index (Phi) is 5.11. The van der Waals surface area contributed by atoms with Crippen LogP contribution in [0, 0.1) is 6.92 Å². The second kappa shape index (κ2) is 7.04. The van der Waals surface area contributed by atoms with E-state index in [1.165, 1.54) is 10.1 Å². The van der Waals surface area contributed by atoms with Crippen molar-refractivity contribution >= 4 is 0 Å². The Morgan fingerprint density at radius 1 is 1.10 bits per heavy atom. The predicted octanol–water partition coefficient (Wildman–Crippen LogP) is 1.21. The second-order valence-electron chi connectivity index (χ2n) is 5.20. The highest BCUT2D eigenvalue weighted by Crippen LogP contribution is 2.08. The van der Waals surface area contributed by atoms with Crippen LogP contribution in [0.1, 0.15) is 29.5 Å². The van der Waals surface area contributed by atoms with Crippen LogP contribution in [0.15, 0.2) is 40.1 Å². The van der Waals surface area contributed by atoms with Gasteiger partial charge in [0, 0.05) is 18.4 Å². The Hall–Kier alpha value is -2.14. The first kappa shape index (κ1) is 15.3. The summed E-state index contributed by atoms with van der Waals surface area (Å²) in [6.45, 7) is 2.35. The minimum Gasteiger partial charge on any atom is -0.396 e. The standard InChI is InChI=1S/C16H20N2O3/c1-12-10-18(16(21)17-15(12)20)11-14-7-5-13(6-8-14)4-2-3-9-19/h5-8,10,19H,2-4,9,11H2,1H3,(H,17,20,21). The third kappa shape index (κ3) is 4.16. The summed E-state index contributed by atoms with van der Waals surface area (Å²) in [7, 11) is 0. The maximum atomic E-state index is 11.7. The summed E-state index contributed by atoms with van der Waals surface area (Å²) in [6.07, 6.45) is 4.30. The average molecular weight is 288 g/mol. The summed E-state index contributed by atoms with van der Waals surface area (Å²) in [4.78, 5) is 25.4. The summed E-state index contributed by atoms with van der Waals surface area (Å²) < 4.78 is 1.50. The monoisotopic (exact) mass is 288 g/mol. The lowest BCUT2D eigenvalue weighted by molar-refractivity contribution is 0.284. The van der Waals surface area contributed by atoms with Crippen molar-refractivity contribution in [2.75, 3.05) is 6.61 Å². The first-order valence-electron chi connectivity index (χ1n) is 7.09. The van der Waals surface area contributed by atoms with Crippen LogP contribution in [0.2, 0.25) is 0 Å². The molecule has 1 aromatic heterocycles. The summed E-state index contributed by atoms with van der Waals surface area (Å²) in [5.41, 5.74) is 2.02. The van der Waals surface area contributed by atoms with Gasteiger partial charge in [-0.1, -0.05) is 24.3 Å². The van der Waals surface area contributed by atoms with Crippen molar-refractivity contribution in [1.82, 2.24) is 9.55 Å². The van der Waals surface area contributed by atoms with Gasteiger partial charge in [-0.05, 0) is 37.3 Å². The zero-order valence-corrected chi connectivity index (χ0v) is 12.1. The second-order valence-corrected chi connectivity index (χ2v) is 5.20. The van der Waals surface area contributed by atoms with Crippen LogP contribution in [0.4, 0.5) is 0 Å². The van der Waals surface area contributed by atoms with Gasteiger partial charge in [0.15, 0.2) is 0 Å². The number of aryl methyl sites for hydroxylation is 2. The molecule has 0 atom stereocenters. The Labute approximate surface area is 122 Å². The van der Waals surface area contributed by atoms with Gasteiger partial charge in [0.2, 0.25) is 0 Å². The molecule has 0 aliphatic carbocycles. The first-order chi connectivity index (χ1) is 10.1. The van der Waals surface area contributed by atoms with E-state index in [9.17, 15) is 9.59 Å². The molecule has 2 aromatic rings. The van der Waals surface area contributed by atoms with Gasteiger partial charge in [-0.2, -0.15) is 0 Å². The average Bonchev–Trinajstić information content (AvgIpc) is 2.47. The lowest BCUT2D eigenvalue weighted by Crippen LogP contribution is -2.31. The zero-order chi connectivity index (χ0) is 15.2. The van der Waals surface area contributed by atoms with Crippen molar-refractivity contribution < 1.29 is 5.11 Å². The summed E-state index contributed by atoms with van der Waals surface area (Å²) >= 11 is 0. The van der Waals surface area contributed by atoms with Crippen LogP contribution in [0.5, 0.6) is 0 Å². The van der Waals surface area contributed by atoms with Gasteiger partial charge < -0.3 is 5.11 Å². The molecule has 0 aliphatic heterocycles. The number of nitrogens with zero attached hydrogens (tertiary/aromatic N) is 1. The van der Waals surface area contributed by atoms with Crippen LogP contribution < -0.4 is 11.2 Å². The van der Waals surface area contributed by atoms with Crippen LogP contribution in [0.3, 0.4) is 0 Å². The van der Waals surface area contributed by atoms with Gasteiger partial charge in [-0.3, -0.25) is 14.3 Å². The molecule has 1 aromatic carbocycles. The summed E-state index contributed by atoms with van der Waals surface area (Å²) in [5.74, 6) is 0. The van der Waals surface area contributed by atoms with E-state index in [0.717, 1.165) is 24.8 Å². The number of unbranched alkanes of at least 4 members (excludes halogenated alkanes) is 1. The van der Waals surface area contributed by atoms with Gasteiger partial charge in [0.1, 0.15) is 0 Å². The van der Waals surface area contributed by atoms with Crippen molar-refractivity contribution in [1.29, 1.82) is 0 Å². The van der Waals surface area contributed by atoms with Gasteiger partial charge in [-0.15, -0.1) is 0 Å². The number of aliphatic hydroxyl groups excluding tert-OH is 1. The molecule has 0 unspecified atom stereocenters. The molecule has 0 radical (unpaired) electrons. The van der Waals surface area contributed by atoms with Crippen molar-refractivity contribution in [2.45, 2.75) is 32.7 Å². The van der Waals surface area contributed by atoms with Gasteiger partial charge in [-0.25, -0.2) is 4.79 Å². The Bertz CT molecular complexity index is 699. The number of nitrogens with one attached hydrogen (secondary N) is 1. The van der Waals surface area contributed by atoms with Gasteiger partial charge >= 0.3 is 5.69 Å². The number of hydrogen-bond acceptors (Lipinski definition) is 3. The molecule has 5 heteroatoms. The number of hydrogen-bond donors (Lipinski definition) is 2. The molecule has 112 valence electrons. The number of aromatic amines is 1. The van der Waals surface area contributed by atoms with E-state index in [1.54, 1.807) is 13.1 Å². The molecule has 2 N–H and O–H groups in total. The topological polar surface area (TPSA) is 75.1 Å². The van der Waals surface area contributed by atoms with Crippen LogP contribution in [-0.4, -0.2) is 21.3 Å². The van der Waals surface area contributed by atoms with E-state index >= 15 is 0 Å². The number of H-pyrrole nitrogens is 1. The van der Waals surface area contributed by atoms with E-state index in [2.05, 4.69) is 4.98 Å². The fraction of sp³-hybridized carbons (Fsp3) is 0.375. The molecule has 1 heterocycles. The van der Waals surface area contributed by atoms with E-state index in [4.69, 9.17) is 5.11 Å². The smallest absolute Gasteiger partial charge is 0.328 e. The molecule has 0 saturated carbocycles. The minimum absolute atomic E-state index is 0.229. The Morgan fingerprint density at radius 3 is 2.43 bits per heavy atom. The van der Waals surface area contributed by atoms with E-state index in [-0.39, 0.29) is 12.2 Å². The van der Waals surface area contributed by atoms with Gasteiger partial charge in [0.05, 0.1) is 6.54 Å². The number of benzene rings is 1. The SMILES string of the molecule is Cc1cn(Cc2ccc(CCCCO)cc2)c(=O)[nH]c1=O. The molecule has 2 rings (SSSR count). The van der Waals surface area contributed by atoms with E-state index < -0.39 is 5.69 Å². The highest BCUT2D eigenvalue weighted by atomic mass is 16.3. The third-order valence-corrected chi connectivity index (χ3v) is 3.44. The first-order valence-corrected chi connectivity index (χ1v) is 7.09. The number of aromatic nitrogens is 2. The fourth-order valence-corrected chi connectivity index (χ4v) is 2.18. The van der Waals surface area contributed by atoms with Gasteiger partial charge in [0.25, 0.3) is 5.56 Å². The molecular weight excluding hydrogens is 268 g/mol. The van der Waals surface area contributed by atoms with Crippen molar-refractivity contribution in [2.24, 2.45) is 0 Å². The fourth-order valence-electron chi connectivity index (χ4n) is 2.18. The number of aliphatic hydroxyl groups is 1. The van der Waals surface area contributed by atoms with Crippen molar-refractivity contribution in [3.63, 3.8) is 0 Å². The molecule has 21 heavy (non-hydrogen) atoms. The lowest BCUT2D eigenvalue weighted by atomic mass is 10.1. The summed E-state index contributed by atoms with van der Waals surface area (Å²) in [5, 5.41) is 8.76. The highest BCUT2D eigenvalue weighted by molar-refractivity contribution is 5.23. The van der Waals surface area contributed by atoms with Crippen molar-refractivity contribution in [3.05, 3.63) is 68.0 Å². The molecule has 0 spiro atoms. The largest absolute Gasteiger partial charge is 0.396 e. The Morgan fingerprint density at radius 2 is 1.76 bits per heavy atom. The summed E-state index contributed by atoms with van der Waals surface area (Å²) in [6, 6.07) is 8.05. The van der Waals surface area contributed by atoms with E-state index in [0.29, 0.717) is 12.1 Å². The normalized spacial score (nSPS) is 10.8.